The van der Waals surface area contributed by atoms with E-state index in [1.807, 2.05) is 0 Å². The number of aromatic nitrogens is 4. The number of benzene rings is 2. The molecule has 5 rings (SSSR count). The fourth-order valence-corrected chi connectivity index (χ4v) is 5.99. The molecule has 0 N–H and O–H groups in total. The molecule has 10 nitrogen and oxygen atoms in total. The quantitative estimate of drug-likeness (QED) is 0.101. The summed E-state index contributed by atoms with van der Waals surface area (Å²) in [4.78, 5) is 5.01. The smallest absolute Gasteiger partial charge is 0.368 e. The third-order valence-corrected chi connectivity index (χ3v) is 8.73. The molecule has 2 aromatic heterocycles. The second kappa shape index (κ2) is 15.8. The molecular formula is C36H54N10. The number of hydrogen-bond donors (Lipinski definition) is 0. The fraction of sp³-hybridized carbons (Fsp3) is 0.444. The van der Waals surface area contributed by atoms with Crippen LogP contribution >= 0.6 is 0 Å². The highest BCUT2D eigenvalue weighted by Gasteiger charge is 2.22. The van der Waals surface area contributed by atoms with Gasteiger partial charge in [-0.05, 0) is 102 Å². The summed E-state index contributed by atoms with van der Waals surface area (Å²) in [6.45, 7) is 24.5. The maximum absolute atomic E-state index is 4.67. The highest BCUT2D eigenvalue weighted by Crippen LogP contribution is 2.34. The van der Waals surface area contributed by atoms with E-state index in [-0.39, 0.29) is 14.9 Å². The van der Waals surface area contributed by atoms with Crippen LogP contribution in [0.4, 0.5) is 34.6 Å². The number of piperazine rings is 1. The Kier molecular flexibility index (Phi) is 12.4. The zero-order valence-electron chi connectivity index (χ0n) is 29.7. The summed E-state index contributed by atoms with van der Waals surface area (Å²) in [5.74, 6) is 1.76. The van der Waals surface area contributed by atoms with Crippen molar-refractivity contribution in [1.29, 1.82) is 0 Å². The van der Waals surface area contributed by atoms with Gasteiger partial charge in [0.25, 0.3) is 0 Å². The second-order valence-corrected chi connectivity index (χ2v) is 11.6. The molecule has 248 valence electrons. The molecule has 1 aliphatic heterocycles. The third kappa shape index (κ3) is 7.37. The van der Waals surface area contributed by atoms with Gasteiger partial charge in [-0.3, -0.25) is 0 Å². The van der Waals surface area contributed by atoms with Crippen LogP contribution in [-0.2, 0) is 26.2 Å². The summed E-state index contributed by atoms with van der Waals surface area (Å²) < 4.78 is 8.49. The van der Waals surface area contributed by atoms with Crippen molar-refractivity contribution in [1.82, 2.24) is 9.13 Å². The van der Waals surface area contributed by atoms with Gasteiger partial charge in [0.2, 0.25) is 0 Å². The van der Waals surface area contributed by atoms with Crippen molar-refractivity contribution in [2.24, 2.45) is 20.5 Å². The van der Waals surface area contributed by atoms with Gasteiger partial charge < -0.3 is 24.7 Å². The summed E-state index contributed by atoms with van der Waals surface area (Å²) in [6.07, 6.45) is 8.26. The zero-order valence-corrected chi connectivity index (χ0v) is 29.7. The predicted molar refractivity (Wildman–Crippen MR) is 189 cm³/mol. The van der Waals surface area contributed by atoms with Gasteiger partial charge in [0, 0.05) is 47.8 Å². The third-order valence-electron chi connectivity index (χ3n) is 8.73. The van der Waals surface area contributed by atoms with E-state index in [2.05, 4.69) is 153 Å². The minimum absolute atomic E-state index is 0. The van der Waals surface area contributed by atoms with Gasteiger partial charge in [-0.15, -0.1) is 0 Å². The standard InChI is InChI=1S/C34H48N10.2CH3/c1-9-39-13-14-40(10-2)33(39)37-35-29-21-27(7)31(23-25(29)5)43-17-19-44(20-18-43)32-24-26(6)30(22-28(32)8)36-38-34-41(11-3)15-16-42(34)12-4;;/h13-16,21-24H,9-12,17-20H2,1-8H3;2*1H3/q+2;2*-1. The first-order chi connectivity index (χ1) is 21.3. The molecule has 0 bridgehead atoms. The topological polar surface area (TPSA) is 73.5 Å². The van der Waals surface area contributed by atoms with E-state index in [1.54, 1.807) is 0 Å². The molecule has 0 radical (unpaired) electrons. The van der Waals surface area contributed by atoms with E-state index in [1.165, 1.54) is 22.5 Å². The number of azo groups is 2. The van der Waals surface area contributed by atoms with Gasteiger partial charge in [-0.2, -0.15) is 0 Å². The van der Waals surface area contributed by atoms with Crippen LogP contribution in [0.1, 0.15) is 49.9 Å². The van der Waals surface area contributed by atoms with Crippen molar-refractivity contribution in [2.75, 3.05) is 36.0 Å². The molecule has 46 heavy (non-hydrogen) atoms. The Labute approximate surface area is 276 Å². The molecule has 4 aromatic rings. The lowest BCUT2D eigenvalue weighted by Gasteiger charge is -2.39. The molecule has 0 atom stereocenters. The lowest BCUT2D eigenvalue weighted by Crippen LogP contribution is -2.47. The van der Waals surface area contributed by atoms with Crippen molar-refractivity contribution in [2.45, 2.75) is 81.6 Å². The van der Waals surface area contributed by atoms with Crippen LogP contribution in [0.15, 0.2) is 69.5 Å². The normalized spacial score (nSPS) is 13.5. The first-order valence-corrected chi connectivity index (χ1v) is 16.0. The minimum Gasteiger partial charge on any atom is -0.368 e. The summed E-state index contributed by atoms with van der Waals surface area (Å²) in [7, 11) is 0. The van der Waals surface area contributed by atoms with E-state index in [0.717, 1.165) is 86.8 Å². The summed E-state index contributed by atoms with van der Waals surface area (Å²) in [5, 5.41) is 18.6. The number of nitrogens with zero attached hydrogens (tertiary/aromatic N) is 10. The molecule has 0 saturated carbocycles. The van der Waals surface area contributed by atoms with Gasteiger partial charge in [0.15, 0.2) is 0 Å². The van der Waals surface area contributed by atoms with Gasteiger partial charge in [0.1, 0.15) is 11.4 Å². The van der Waals surface area contributed by atoms with E-state index >= 15 is 0 Å². The van der Waals surface area contributed by atoms with Gasteiger partial charge in [-0.1, -0.05) is 10.2 Å². The van der Waals surface area contributed by atoms with E-state index in [4.69, 9.17) is 0 Å². The largest absolute Gasteiger partial charge is 0.421 e. The molecule has 3 heterocycles. The van der Waals surface area contributed by atoms with Crippen LogP contribution in [0.25, 0.3) is 0 Å². The first-order valence-electron chi connectivity index (χ1n) is 16.0. The highest BCUT2D eigenvalue weighted by atomic mass is 15.3. The van der Waals surface area contributed by atoms with Gasteiger partial charge >= 0.3 is 11.9 Å². The molecule has 0 spiro atoms. The van der Waals surface area contributed by atoms with Crippen molar-refractivity contribution in [3.63, 3.8) is 0 Å². The number of aryl methyl sites for hydroxylation is 8. The Morgan fingerprint density at radius 2 is 0.913 bits per heavy atom. The number of imidazole rings is 2. The Morgan fingerprint density at radius 3 is 1.24 bits per heavy atom. The lowest BCUT2D eigenvalue weighted by atomic mass is 10.1. The second-order valence-electron chi connectivity index (χ2n) is 11.6. The molecule has 0 amide bonds. The van der Waals surface area contributed by atoms with Gasteiger partial charge in [0.05, 0.1) is 51.0 Å². The number of hydrogen-bond acceptors (Lipinski definition) is 6. The van der Waals surface area contributed by atoms with Crippen LogP contribution in [0.5, 0.6) is 0 Å². The molecule has 0 unspecified atom stereocenters. The van der Waals surface area contributed by atoms with Crippen LogP contribution < -0.4 is 18.9 Å². The molecular weight excluding hydrogens is 572 g/mol. The van der Waals surface area contributed by atoms with E-state index in [0.29, 0.717) is 0 Å². The monoisotopic (exact) mass is 626 g/mol. The van der Waals surface area contributed by atoms with Crippen LogP contribution in [0.3, 0.4) is 0 Å². The number of rotatable bonds is 10. The maximum Gasteiger partial charge on any atom is 0.421 e. The van der Waals surface area contributed by atoms with Crippen LogP contribution in [0, 0.1) is 42.5 Å². The SMILES string of the molecule is CCn1cc[n+](CC)c1N=Nc1cc(C)c(N2CCN(c3cc(C)c(N=Nc4n(CC)cc[n+]4CC)cc3C)CC2)cc1C.[CH3-].[CH3-]. The molecule has 1 aliphatic rings. The Balaban J connectivity index is 0.00000288. The highest BCUT2D eigenvalue weighted by molar-refractivity contribution is 5.66. The maximum atomic E-state index is 4.67. The number of anilines is 2. The molecule has 0 aliphatic carbocycles. The first kappa shape index (κ1) is 36.1. The molecule has 10 heteroatoms. The molecule has 1 saturated heterocycles. The van der Waals surface area contributed by atoms with Crippen molar-refractivity contribution >= 4 is 34.6 Å². The fourth-order valence-electron chi connectivity index (χ4n) is 5.99. The van der Waals surface area contributed by atoms with Crippen molar-refractivity contribution in [3.8, 4) is 0 Å². The lowest BCUT2D eigenvalue weighted by molar-refractivity contribution is -0.680. The average molecular weight is 627 g/mol. The predicted octanol–water partition coefficient (Wildman–Crippen LogP) is 8.24. The molecule has 1 fully saturated rings. The summed E-state index contributed by atoms with van der Waals surface area (Å²) in [6, 6.07) is 8.91. The van der Waals surface area contributed by atoms with Crippen molar-refractivity contribution in [3.05, 3.63) is 86.2 Å². The van der Waals surface area contributed by atoms with E-state index < -0.39 is 0 Å². The Bertz CT molecular complexity index is 1500. The minimum atomic E-state index is 0. The summed E-state index contributed by atoms with van der Waals surface area (Å²) >= 11 is 0. The van der Waals surface area contributed by atoms with Crippen LogP contribution in [-0.4, -0.2) is 35.3 Å². The van der Waals surface area contributed by atoms with E-state index in [9.17, 15) is 0 Å². The summed E-state index contributed by atoms with van der Waals surface area (Å²) in [5.41, 5.74) is 9.15. The van der Waals surface area contributed by atoms with Gasteiger partial charge in [-0.25, -0.2) is 18.3 Å². The van der Waals surface area contributed by atoms with Crippen LogP contribution in [0.2, 0.25) is 0 Å². The average Bonchev–Trinajstić information content (AvgIpc) is 3.64. The van der Waals surface area contributed by atoms with Crippen molar-refractivity contribution < 1.29 is 9.13 Å². The molecule has 2 aromatic carbocycles. The Morgan fingerprint density at radius 1 is 0.543 bits per heavy atom. The zero-order chi connectivity index (χ0) is 31.4. The Hall–Kier alpha value is -4.34.